The molecule has 0 fully saturated rings. The first kappa shape index (κ1) is 71.5. The van der Waals surface area contributed by atoms with Gasteiger partial charge >= 0.3 is 19.8 Å². The Balaban J connectivity index is 3.80. The number of hydrogen-bond donors (Lipinski definition) is 1. The van der Waals surface area contributed by atoms with Crippen molar-refractivity contribution in [3.05, 3.63) is 24.3 Å². The van der Waals surface area contributed by atoms with E-state index in [0.29, 0.717) is 17.4 Å². The Morgan fingerprint density at radius 2 is 0.726 bits per heavy atom. The molecule has 0 aromatic heterocycles. The summed E-state index contributed by atoms with van der Waals surface area (Å²) in [6.45, 7) is 4.39. The Bertz CT molecular complexity index is 1280. The maximum atomic E-state index is 12.8. The normalized spacial score (nSPS) is 13.3. The highest BCUT2D eigenvalue weighted by atomic mass is 31.2. The van der Waals surface area contributed by atoms with Crippen LogP contribution >= 0.6 is 7.82 Å². The molecule has 0 aromatic carbocycles. The summed E-state index contributed by atoms with van der Waals surface area (Å²) in [5.41, 5.74) is 0. The van der Waals surface area contributed by atoms with Crippen LogP contribution in [0.2, 0.25) is 0 Å². The van der Waals surface area contributed by atoms with Crippen LogP contribution < -0.4 is 0 Å². The molecule has 0 heterocycles. The number of carbonyl (C=O) groups excluding carboxylic acids is 2. The predicted molar refractivity (Wildman–Crippen MR) is 312 cm³/mol. The van der Waals surface area contributed by atoms with Crippen molar-refractivity contribution in [2.75, 3.05) is 47.5 Å². The lowest BCUT2D eigenvalue weighted by Crippen LogP contribution is -2.37. The van der Waals surface area contributed by atoms with Crippen LogP contribution in [0.15, 0.2) is 24.3 Å². The number of esters is 2. The lowest BCUT2D eigenvalue weighted by Gasteiger charge is -2.24. The second-order valence-electron chi connectivity index (χ2n) is 22.8. The summed E-state index contributed by atoms with van der Waals surface area (Å²) in [5.74, 6) is -0.797. The van der Waals surface area contributed by atoms with Crippen LogP contribution in [0, 0.1) is 0 Å². The van der Waals surface area contributed by atoms with Crippen LogP contribution in [0.4, 0.5) is 0 Å². The highest BCUT2D eigenvalue weighted by Crippen LogP contribution is 2.43. The average Bonchev–Trinajstić information content (AvgIpc) is 3.35. The van der Waals surface area contributed by atoms with Crippen molar-refractivity contribution in [3.63, 3.8) is 0 Å². The molecule has 0 aliphatic rings. The Morgan fingerprint density at radius 1 is 0.411 bits per heavy atom. The van der Waals surface area contributed by atoms with E-state index in [1.807, 2.05) is 21.1 Å². The fraction of sp³-hybridized carbons (Fsp3) is 0.905. The molecule has 2 unspecified atom stereocenters. The first-order valence-electron chi connectivity index (χ1n) is 31.6. The van der Waals surface area contributed by atoms with Crippen molar-refractivity contribution in [1.29, 1.82) is 0 Å². The molecule has 0 rings (SSSR count). The molecule has 0 aromatic rings. The van der Waals surface area contributed by atoms with Gasteiger partial charge in [0.25, 0.3) is 0 Å². The van der Waals surface area contributed by atoms with Gasteiger partial charge < -0.3 is 18.9 Å². The fourth-order valence-corrected chi connectivity index (χ4v) is 10.1. The topological polar surface area (TPSA) is 108 Å². The number of allylic oxidation sites excluding steroid dienone is 4. The van der Waals surface area contributed by atoms with Gasteiger partial charge in [0.1, 0.15) is 19.8 Å². The van der Waals surface area contributed by atoms with E-state index in [0.717, 1.165) is 57.8 Å². The van der Waals surface area contributed by atoms with Crippen molar-refractivity contribution in [2.45, 2.75) is 322 Å². The van der Waals surface area contributed by atoms with Crippen LogP contribution in [0.5, 0.6) is 0 Å². The third kappa shape index (κ3) is 59.6. The van der Waals surface area contributed by atoms with Gasteiger partial charge in [-0.2, -0.15) is 0 Å². The third-order valence-corrected chi connectivity index (χ3v) is 15.2. The SMILES string of the molecule is CCC/C=C\CCCCCCCC(=O)OCC(COP(=O)(O)OCC[N+](C)(C)C)OC(=O)CCCCCCCCCCCCCCCCCCCCCCCCCCCCC/C=C\CCCCCCCCCC. The van der Waals surface area contributed by atoms with E-state index in [1.165, 1.54) is 225 Å². The fourth-order valence-electron chi connectivity index (χ4n) is 9.31. The molecule has 73 heavy (non-hydrogen) atoms. The van der Waals surface area contributed by atoms with E-state index >= 15 is 0 Å². The molecule has 0 spiro atoms. The number of nitrogens with zero attached hydrogens (tertiary/aromatic N) is 1. The van der Waals surface area contributed by atoms with Crippen molar-refractivity contribution in [3.8, 4) is 0 Å². The minimum Gasteiger partial charge on any atom is -0.462 e. The van der Waals surface area contributed by atoms with Gasteiger partial charge in [0.15, 0.2) is 6.10 Å². The number of ether oxygens (including phenoxy) is 2. The molecule has 0 saturated carbocycles. The van der Waals surface area contributed by atoms with E-state index in [2.05, 4.69) is 38.2 Å². The molecular weight excluding hydrogens is 930 g/mol. The summed E-state index contributed by atoms with van der Waals surface area (Å²) in [6.07, 6.45) is 67.4. The van der Waals surface area contributed by atoms with E-state index < -0.39 is 26.5 Å². The summed E-state index contributed by atoms with van der Waals surface area (Å²) >= 11 is 0. The number of unbranched alkanes of at least 4 members (excludes halogenated alkanes) is 41. The van der Waals surface area contributed by atoms with Crippen molar-refractivity contribution < 1.29 is 42.1 Å². The highest BCUT2D eigenvalue weighted by molar-refractivity contribution is 7.47. The van der Waals surface area contributed by atoms with Crippen molar-refractivity contribution in [2.24, 2.45) is 0 Å². The Hall–Kier alpha value is -1.51. The van der Waals surface area contributed by atoms with E-state index in [1.54, 1.807) is 0 Å². The maximum absolute atomic E-state index is 12.8. The zero-order valence-electron chi connectivity index (χ0n) is 49.1. The molecule has 0 aliphatic carbocycles. The largest absolute Gasteiger partial charge is 0.472 e. The molecule has 1 N–H and O–H groups in total. The quantitative estimate of drug-likeness (QED) is 0.0211. The molecule has 0 aliphatic heterocycles. The highest BCUT2D eigenvalue weighted by Gasteiger charge is 2.27. The van der Waals surface area contributed by atoms with Crippen LogP contribution in [-0.4, -0.2) is 74.9 Å². The number of phosphoric ester groups is 1. The molecule has 0 radical (unpaired) electrons. The monoisotopic (exact) mass is 1050 g/mol. The van der Waals surface area contributed by atoms with Crippen LogP contribution in [-0.2, 0) is 32.7 Å². The minimum atomic E-state index is -4.38. The van der Waals surface area contributed by atoms with Crippen molar-refractivity contribution >= 4 is 19.8 Å². The standard InChI is InChI=1S/C63H122NO8P/c1-6-8-10-12-14-16-18-19-20-21-22-23-24-25-26-27-28-29-30-31-32-33-34-35-36-37-38-39-40-41-42-43-44-45-46-48-50-52-54-56-63(66)72-61(60-71-73(67,68)70-58-57-64(3,4)5)59-69-62(65)55-53-51-49-47-17-15-13-11-9-7-2/h11,13,21-22,61H,6-10,12,14-20,23-60H2,1-5H3/p+1/b13-11-,22-21-. The first-order chi connectivity index (χ1) is 35.5. The predicted octanol–water partition coefficient (Wildman–Crippen LogP) is 19.8. The number of rotatable bonds is 59. The lowest BCUT2D eigenvalue weighted by molar-refractivity contribution is -0.870. The Morgan fingerprint density at radius 3 is 1.07 bits per heavy atom. The summed E-state index contributed by atoms with van der Waals surface area (Å²) < 4.78 is 34.4. The maximum Gasteiger partial charge on any atom is 0.472 e. The first-order valence-corrected chi connectivity index (χ1v) is 33.1. The second kappa shape index (κ2) is 55.3. The zero-order chi connectivity index (χ0) is 53.5. The van der Waals surface area contributed by atoms with Gasteiger partial charge in [-0.25, -0.2) is 4.57 Å². The van der Waals surface area contributed by atoms with Crippen LogP contribution in [0.1, 0.15) is 316 Å². The number of hydrogen-bond acceptors (Lipinski definition) is 7. The van der Waals surface area contributed by atoms with Crippen LogP contribution in [0.25, 0.3) is 0 Å². The van der Waals surface area contributed by atoms with Gasteiger partial charge in [0.05, 0.1) is 27.7 Å². The number of phosphoric acid groups is 1. The van der Waals surface area contributed by atoms with Crippen molar-refractivity contribution in [1.82, 2.24) is 0 Å². The second-order valence-corrected chi connectivity index (χ2v) is 24.2. The summed E-state index contributed by atoms with van der Waals surface area (Å²) in [6, 6.07) is 0. The molecule has 0 bridgehead atoms. The van der Waals surface area contributed by atoms with Gasteiger partial charge in [-0.15, -0.1) is 0 Å². The molecule has 432 valence electrons. The van der Waals surface area contributed by atoms with E-state index in [4.69, 9.17) is 18.5 Å². The lowest BCUT2D eigenvalue weighted by atomic mass is 10.0. The zero-order valence-corrected chi connectivity index (χ0v) is 50.0. The summed E-state index contributed by atoms with van der Waals surface area (Å²) in [4.78, 5) is 35.5. The van der Waals surface area contributed by atoms with Gasteiger partial charge in [0.2, 0.25) is 0 Å². The van der Waals surface area contributed by atoms with Gasteiger partial charge in [-0.3, -0.25) is 18.6 Å². The van der Waals surface area contributed by atoms with Crippen LogP contribution in [0.3, 0.4) is 0 Å². The van der Waals surface area contributed by atoms with E-state index in [9.17, 15) is 19.0 Å². The minimum absolute atomic E-state index is 0.0331. The Kier molecular flexibility index (Phi) is 54.1. The molecule has 2 atom stereocenters. The number of carbonyl (C=O) groups is 2. The molecular formula is C63H123NO8P+. The van der Waals surface area contributed by atoms with Gasteiger partial charge in [-0.05, 0) is 57.8 Å². The molecule has 10 heteroatoms. The molecule has 0 saturated heterocycles. The third-order valence-electron chi connectivity index (χ3n) is 14.2. The van der Waals surface area contributed by atoms with Gasteiger partial charge in [-0.1, -0.05) is 269 Å². The average molecular weight is 1050 g/mol. The number of quaternary nitrogens is 1. The molecule has 0 amide bonds. The number of likely N-dealkylation sites (N-methyl/N-ethyl adjacent to an activating group) is 1. The summed E-state index contributed by atoms with van der Waals surface area (Å²) in [5, 5.41) is 0. The van der Waals surface area contributed by atoms with Gasteiger partial charge in [0, 0.05) is 12.8 Å². The Labute approximate surface area is 453 Å². The summed E-state index contributed by atoms with van der Waals surface area (Å²) in [7, 11) is 1.49. The smallest absolute Gasteiger partial charge is 0.462 e. The van der Waals surface area contributed by atoms with E-state index in [-0.39, 0.29) is 32.0 Å². The molecule has 9 nitrogen and oxygen atoms in total.